The number of ether oxygens (including phenoxy) is 1. The quantitative estimate of drug-likeness (QED) is 0.890. The van der Waals surface area contributed by atoms with Gasteiger partial charge >= 0.3 is 0 Å². The van der Waals surface area contributed by atoms with Crippen molar-refractivity contribution in [1.82, 2.24) is 9.88 Å². The van der Waals surface area contributed by atoms with Crippen LogP contribution in [-0.2, 0) is 14.8 Å². The first-order valence-corrected chi connectivity index (χ1v) is 7.47. The van der Waals surface area contributed by atoms with Crippen molar-refractivity contribution in [3.8, 4) is 0 Å². The molecule has 0 spiro atoms. The maximum absolute atomic E-state index is 12.2. The van der Waals surface area contributed by atoms with Crippen molar-refractivity contribution in [2.75, 3.05) is 6.61 Å². The van der Waals surface area contributed by atoms with Gasteiger partial charge in [-0.1, -0.05) is 5.16 Å². The molecule has 102 valence electrons. The van der Waals surface area contributed by atoms with Crippen LogP contribution in [0.1, 0.15) is 31.2 Å². The highest BCUT2D eigenvalue weighted by molar-refractivity contribution is 7.89. The van der Waals surface area contributed by atoms with E-state index in [9.17, 15) is 8.42 Å². The summed E-state index contributed by atoms with van der Waals surface area (Å²) in [5.41, 5.74) is 0.375. The van der Waals surface area contributed by atoms with Gasteiger partial charge in [-0.15, -0.1) is 0 Å². The van der Waals surface area contributed by atoms with E-state index in [4.69, 9.17) is 9.26 Å². The van der Waals surface area contributed by atoms with E-state index in [0.29, 0.717) is 18.1 Å². The van der Waals surface area contributed by atoms with E-state index >= 15 is 0 Å². The van der Waals surface area contributed by atoms with E-state index in [2.05, 4.69) is 9.88 Å². The molecule has 1 saturated heterocycles. The summed E-state index contributed by atoms with van der Waals surface area (Å²) in [6.45, 7) is 5.71. The Balaban J connectivity index is 2.17. The van der Waals surface area contributed by atoms with Gasteiger partial charge in [-0.25, -0.2) is 13.1 Å². The molecule has 1 N–H and O–H groups in total. The molecule has 1 aliphatic rings. The molecule has 1 aromatic heterocycles. The fourth-order valence-corrected chi connectivity index (χ4v) is 3.84. The van der Waals surface area contributed by atoms with E-state index < -0.39 is 10.0 Å². The standard InChI is InChI=1S/C11H18N2O4S/c1-7(10-5-4-6-16-10)13-18(14,15)11-8(2)12-17-9(11)3/h7,10,13H,4-6H2,1-3H3/t7-,10+/m1/s1. The SMILES string of the molecule is Cc1noc(C)c1S(=O)(=O)N[C@H](C)[C@@H]1CCCO1. The fraction of sp³-hybridized carbons (Fsp3) is 0.727. The summed E-state index contributed by atoms with van der Waals surface area (Å²) in [4.78, 5) is 0.132. The van der Waals surface area contributed by atoms with E-state index in [0.717, 1.165) is 12.8 Å². The second kappa shape index (κ2) is 4.99. The Morgan fingerprint density at radius 3 is 2.67 bits per heavy atom. The molecule has 7 heteroatoms. The van der Waals surface area contributed by atoms with E-state index in [1.54, 1.807) is 13.8 Å². The number of aryl methyl sites for hydroxylation is 2. The average Bonchev–Trinajstić information content (AvgIpc) is 2.87. The first-order valence-electron chi connectivity index (χ1n) is 5.98. The lowest BCUT2D eigenvalue weighted by molar-refractivity contribution is 0.0902. The summed E-state index contributed by atoms with van der Waals surface area (Å²) in [7, 11) is -3.60. The number of hydrogen-bond donors (Lipinski definition) is 1. The number of rotatable bonds is 4. The van der Waals surface area contributed by atoms with Crippen LogP contribution < -0.4 is 4.72 Å². The van der Waals surface area contributed by atoms with Crippen molar-refractivity contribution in [1.29, 1.82) is 0 Å². The number of sulfonamides is 1. The van der Waals surface area contributed by atoms with Gasteiger partial charge in [-0.05, 0) is 33.6 Å². The van der Waals surface area contributed by atoms with Crippen LogP contribution in [0.15, 0.2) is 9.42 Å². The van der Waals surface area contributed by atoms with E-state index in [1.807, 2.05) is 6.92 Å². The highest BCUT2D eigenvalue weighted by atomic mass is 32.2. The second-order valence-electron chi connectivity index (χ2n) is 4.61. The predicted octanol–water partition coefficient (Wildman–Crippen LogP) is 1.14. The summed E-state index contributed by atoms with van der Waals surface area (Å²) in [6, 6.07) is -0.258. The lowest BCUT2D eigenvalue weighted by Crippen LogP contribution is -2.41. The summed E-state index contributed by atoms with van der Waals surface area (Å²) >= 11 is 0. The smallest absolute Gasteiger partial charge is 0.246 e. The normalized spacial score (nSPS) is 22.3. The predicted molar refractivity (Wildman–Crippen MR) is 64.7 cm³/mol. The average molecular weight is 274 g/mol. The van der Waals surface area contributed by atoms with Gasteiger partial charge in [0.05, 0.1) is 6.10 Å². The zero-order valence-corrected chi connectivity index (χ0v) is 11.6. The third kappa shape index (κ3) is 2.57. The van der Waals surface area contributed by atoms with Gasteiger partial charge in [0, 0.05) is 12.6 Å². The second-order valence-corrected chi connectivity index (χ2v) is 6.27. The van der Waals surface area contributed by atoms with Crippen LogP contribution in [-0.4, -0.2) is 32.3 Å². The van der Waals surface area contributed by atoms with Gasteiger partial charge in [-0.2, -0.15) is 0 Å². The van der Waals surface area contributed by atoms with Crippen LogP contribution >= 0.6 is 0 Å². The van der Waals surface area contributed by atoms with Gasteiger partial charge in [0.15, 0.2) is 5.76 Å². The minimum atomic E-state index is -3.60. The molecule has 0 amide bonds. The van der Waals surface area contributed by atoms with Crippen LogP contribution in [0.4, 0.5) is 0 Å². The minimum absolute atomic E-state index is 0.0553. The molecular weight excluding hydrogens is 256 g/mol. The highest BCUT2D eigenvalue weighted by Gasteiger charge is 2.30. The summed E-state index contributed by atoms with van der Waals surface area (Å²) < 4.78 is 37.5. The van der Waals surface area contributed by atoms with Crippen LogP contribution in [0.5, 0.6) is 0 Å². The molecule has 18 heavy (non-hydrogen) atoms. The lowest BCUT2D eigenvalue weighted by Gasteiger charge is -2.19. The molecule has 0 unspecified atom stereocenters. The van der Waals surface area contributed by atoms with Gasteiger partial charge in [0.25, 0.3) is 0 Å². The topological polar surface area (TPSA) is 81.4 Å². The summed E-state index contributed by atoms with van der Waals surface area (Å²) in [6.07, 6.45) is 1.80. The van der Waals surface area contributed by atoms with E-state index in [1.165, 1.54) is 0 Å². The minimum Gasteiger partial charge on any atom is -0.377 e. The molecular formula is C11H18N2O4S. The number of nitrogens with one attached hydrogen (secondary N) is 1. The van der Waals surface area contributed by atoms with E-state index in [-0.39, 0.29) is 17.0 Å². The summed E-state index contributed by atoms with van der Waals surface area (Å²) in [5.74, 6) is 0.305. The van der Waals surface area contributed by atoms with Crippen molar-refractivity contribution >= 4 is 10.0 Å². The Kier molecular flexibility index (Phi) is 3.74. The van der Waals surface area contributed by atoms with Gasteiger partial charge in [0.1, 0.15) is 10.6 Å². The van der Waals surface area contributed by atoms with Gasteiger partial charge < -0.3 is 9.26 Å². The van der Waals surface area contributed by atoms with Crippen LogP contribution in [0.3, 0.4) is 0 Å². The molecule has 0 bridgehead atoms. The molecule has 2 rings (SSSR count). The molecule has 0 saturated carbocycles. The zero-order valence-electron chi connectivity index (χ0n) is 10.8. The number of hydrogen-bond acceptors (Lipinski definition) is 5. The van der Waals surface area contributed by atoms with Crippen molar-refractivity contribution in [3.05, 3.63) is 11.5 Å². The van der Waals surface area contributed by atoms with Crippen molar-refractivity contribution < 1.29 is 17.7 Å². The monoisotopic (exact) mass is 274 g/mol. The van der Waals surface area contributed by atoms with Crippen molar-refractivity contribution in [2.45, 2.75) is 50.7 Å². The number of aromatic nitrogens is 1. The van der Waals surface area contributed by atoms with Crippen LogP contribution in [0.2, 0.25) is 0 Å². The molecule has 2 heterocycles. The van der Waals surface area contributed by atoms with Crippen LogP contribution in [0, 0.1) is 13.8 Å². The number of nitrogens with zero attached hydrogens (tertiary/aromatic N) is 1. The van der Waals surface area contributed by atoms with Crippen molar-refractivity contribution in [3.63, 3.8) is 0 Å². The fourth-order valence-electron chi connectivity index (χ4n) is 2.23. The van der Waals surface area contributed by atoms with Crippen molar-refractivity contribution in [2.24, 2.45) is 0 Å². The molecule has 6 nitrogen and oxygen atoms in total. The third-order valence-electron chi connectivity index (χ3n) is 3.10. The Bertz CT molecular complexity index is 498. The molecule has 1 aromatic rings. The highest BCUT2D eigenvalue weighted by Crippen LogP contribution is 2.21. The third-order valence-corrected chi connectivity index (χ3v) is 4.90. The first kappa shape index (κ1) is 13.5. The lowest BCUT2D eigenvalue weighted by atomic mass is 10.1. The Morgan fingerprint density at radius 2 is 2.17 bits per heavy atom. The molecule has 1 aliphatic heterocycles. The maximum Gasteiger partial charge on any atom is 0.246 e. The summed E-state index contributed by atoms with van der Waals surface area (Å²) in [5, 5.41) is 3.66. The molecule has 2 atom stereocenters. The largest absolute Gasteiger partial charge is 0.377 e. The molecule has 0 aliphatic carbocycles. The maximum atomic E-state index is 12.2. The van der Waals surface area contributed by atoms with Gasteiger partial charge in [0.2, 0.25) is 10.0 Å². The van der Waals surface area contributed by atoms with Crippen LogP contribution in [0.25, 0.3) is 0 Å². The molecule has 0 aromatic carbocycles. The first-order chi connectivity index (χ1) is 8.42. The Labute approximate surface area is 107 Å². The Morgan fingerprint density at radius 1 is 1.44 bits per heavy atom. The Hall–Kier alpha value is -0.920. The van der Waals surface area contributed by atoms with Gasteiger partial charge in [-0.3, -0.25) is 0 Å². The zero-order chi connectivity index (χ0) is 13.3. The molecule has 0 radical (unpaired) electrons. The molecule has 1 fully saturated rings.